The van der Waals surface area contributed by atoms with Gasteiger partial charge in [-0.25, -0.2) is 0 Å². The molecular weight excluding hydrogens is 372 g/mol. The van der Waals surface area contributed by atoms with E-state index in [0.717, 1.165) is 36.3 Å². The van der Waals surface area contributed by atoms with Crippen molar-refractivity contribution in [1.82, 2.24) is 15.6 Å². The van der Waals surface area contributed by atoms with Gasteiger partial charge in [0.25, 0.3) is 5.91 Å². The van der Waals surface area contributed by atoms with Gasteiger partial charge >= 0.3 is 0 Å². The first-order chi connectivity index (χ1) is 13.7. The Balaban J connectivity index is 1.63. The van der Waals surface area contributed by atoms with Crippen molar-refractivity contribution in [3.63, 3.8) is 0 Å². The quantitative estimate of drug-likeness (QED) is 0.702. The third-order valence-corrected chi connectivity index (χ3v) is 6.23. The highest BCUT2D eigenvalue weighted by molar-refractivity contribution is 7.17. The average Bonchev–Trinajstić information content (AvgIpc) is 3.24. The zero-order chi connectivity index (χ0) is 19.8. The predicted octanol–water partition coefficient (Wildman–Crippen LogP) is 3.38. The fourth-order valence-corrected chi connectivity index (χ4v) is 4.56. The zero-order valence-corrected chi connectivity index (χ0v) is 16.5. The fraction of sp³-hybridized carbons (Fsp3) is 0.429. The van der Waals surface area contributed by atoms with Gasteiger partial charge in [-0.15, -0.1) is 11.3 Å². The first kappa shape index (κ1) is 20.0. The molecular formula is C21H24N4O2S. The number of carbonyl (C=O) groups excluding carboxylic acids is 2. The van der Waals surface area contributed by atoms with Crippen molar-refractivity contribution in [3.8, 4) is 16.6 Å². The highest BCUT2D eigenvalue weighted by Crippen LogP contribution is 2.30. The molecule has 2 aromatic heterocycles. The van der Waals surface area contributed by atoms with E-state index in [2.05, 4.69) is 15.6 Å². The van der Waals surface area contributed by atoms with Gasteiger partial charge in [0, 0.05) is 12.7 Å². The van der Waals surface area contributed by atoms with E-state index in [1.807, 2.05) is 30.3 Å². The normalized spacial score (nSPS) is 15.4. The second-order valence-corrected chi connectivity index (χ2v) is 8.05. The Morgan fingerprint density at radius 3 is 2.71 bits per heavy atom. The zero-order valence-electron chi connectivity index (χ0n) is 15.7. The number of nitriles is 1. The minimum Gasteiger partial charge on any atom is -0.351 e. The Labute approximate surface area is 169 Å². The Hall–Kier alpha value is -2.72. The lowest BCUT2D eigenvalue weighted by Crippen LogP contribution is -2.43. The summed E-state index contributed by atoms with van der Waals surface area (Å²) in [5.74, 6) is -0.372. The van der Waals surface area contributed by atoms with Gasteiger partial charge in [0.05, 0.1) is 27.4 Å². The maximum absolute atomic E-state index is 12.6. The van der Waals surface area contributed by atoms with Crippen molar-refractivity contribution in [2.75, 3.05) is 13.1 Å². The molecule has 0 radical (unpaired) electrons. The molecule has 2 aromatic rings. The van der Waals surface area contributed by atoms with Crippen LogP contribution in [0.2, 0.25) is 0 Å². The van der Waals surface area contributed by atoms with E-state index in [1.54, 1.807) is 12.3 Å². The van der Waals surface area contributed by atoms with Crippen LogP contribution in [-0.4, -0.2) is 29.9 Å². The molecule has 28 heavy (non-hydrogen) atoms. The second kappa shape index (κ2) is 10.00. The van der Waals surface area contributed by atoms with Gasteiger partial charge in [-0.1, -0.05) is 25.3 Å². The van der Waals surface area contributed by atoms with Crippen LogP contribution >= 0.6 is 11.3 Å². The Kier molecular flexibility index (Phi) is 7.15. The molecule has 1 atom stereocenters. The summed E-state index contributed by atoms with van der Waals surface area (Å²) in [7, 11) is 0. The van der Waals surface area contributed by atoms with Gasteiger partial charge in [0.15, 0.2) is 0 Å². The standard InChI is InChI=1S/C21H24N4O2S/c22-11-13-24-20(26)16(15-6-2-1-3-7-15)14-25-21(27)19-10-9-18(28-19)17-8-4-5-12-23-17/h4-5,8-10,12,15-16H,1-3,6-7,13-14H2,(H,24,26)(H,25,27). The summed E-state index contributed by atoms with van der Waals surface area (Å²) in [5, 5.41) is 14.3. The number of hydrogen-bond donors (Lipinski definition) is 2. The molecule has 146 valence electrons. The van der Waals surface area contributed by atoms with Crippen molar-refractivity contribution in [1.29, 1.82) is 5.26 Å². The fourth-order valence-electron chi connectivity index (χ4n) is 3.66. The van der Waals surface area contributed by atoms with E-state index < -0.39 is 0 Å². The largest absolute Gasteiger partial charge is 0.351 e. The smallest absolute Gasteiger partial charge is 0.261 e. The molecule has 1 fully saturated rings. The van der Waals surface area contributed by atoms with E-state index >= 15 is 0 Å². The van der Waals surface area contributed by atoms with Gasteiger partial charge in [-0.2, -0.15) is 5.26 Å². The number of hydrogen-bond acceptors (Lipinski definition) is 5. The van der Waals surface area contributed by atoms with Crippen LogP contribution in [0.1, 0.15) is 41.8 Å². The van der Waals surface area contributed by atoms with E-state index in [-0.39, 0.29) is 36.7 Å². The molecule has 0 bridgehead atoms. The maximum atomic E-state index is 12.6. The molecule has 2 amide bonds. The van der Waals surface area contributed by atoms with Crippen LogP contribution in [0.3, 0.4) is 0 Å². The molecule has 1 aliphatic rings. The topological polar surface area (TPSA) is 94.9 Å². The molecule has 2 heterocycles. The van der Waals surface area contributed by atoms with Gasteiger partial charge in [-0.05, 0) is 43.0 Å². The molecule has 6 nitrogen and oxygen atoms in total. The molecule has 0 spiro atoms. The van der Waals surface area contributed by atoms with Crippen LogP contribution in [-0.2, 0) is 4.79 Å². The van der Waals surface area contributed by atoms with Gasteiger partial charge in [0.1, 0.15) is 6.54 Å². The van der Waals surface area contributed by atoms with Crippen LogP contribution in [0.4, 0.5) is 0 Å². The van der Waals surface area contributed by atoms with Crippen LogP contribution in [0.25, 0.3) is 10.6 Å². The number of pyridine rings is 1. The van der Waals surface area contributed by atoms with Gasteiger partial charge in [-0.3, -0.25) is 14.6 Å². The van der Waals surface area contributed by atoms with E-state index in [1.165, 1.54) is 17.8 Å². The monoisotopic (exact) mass is 396 g/mol. The summed E-state index contributed by atoms with van der Waals surface area (Å²) < 4.78 is 0. The Morgan fingerprint density at radius 1 is 1.18 bits per heavy atom. The maximum Gasteiger partial charge on any atom is 0.261 e. The average molecular weight is 397 g/mol. The molecule has 1 saturated carbocycles. The summed E-state index contributed by atoms with van der Waals surface area (Å²) in [4.78, 5) is 31.0. The van der Waals surface area contributed by atoms with Crippen molar-refractivity contribution in [2.45, 2.75) is 32.1 Å². The molecule has 0 aromatic carbocycles. The summed E-state index contributed by atoms with van der Waals surface area (Å²) in [6.45, 7) is 0.284. The summed E-state index contributed by atoms with van der Waals surface area (Å²) >= 11 is 1.39. The lowest BCUT2D eigenvalue weighted by Gasteiger charge is -2.29. The van der Waals surface area contributed by atoms with Crippen molar-refractivity contribution in [2.24, 2.45) is 11.8 Å². The summed E-state index contributed by atoms with van der Waals surface area (Å²) in [6, 6.07) is 11.3. The Morgan fingerprint density at radius 2 is 2.00 bits per heavy atom. The molecule has 7 heteroatoms. The first-order valence-corrected chi connectivity index (χ1v) is 10.4. The number of thiophene rings is 1. The highest BCUT2D eigenvalue weighted by Gasteiger charge is 2.30. The third-order valence-electron chi connectivity index (χ3n) is 5.13. The molecule has 1 aliphatic carbocycles. The van der Waals surface area contributed by atoms with E-state index in [0.29, 0.717) is 4.88 Å². The van der Waals surface area contributed by atoms with Gasteiger partial charge in [0.2, 0.25) is 5.91 Å². The molecule has 1 unspecified atom stereocenters. The summed E-state index contributed by atoms with van der Waals surface area (Å²) in [5.41, 5.74) is 0.836. The number of nitrogens with zero attached hydrogens (tertiary/aromatic N) is 2. The third kappa shape index (κ3) is 5.17. The molecule has 0 saturated heterocycles. The number of nitrogens with one attached hydrogen (secondary N) is 2. The lowest BCUT2D eigenvalue weighted by molar-refractivity contribution is -0.126. The van der Waals surface area contributed by atoms with Crippen molar-refractivity contribution in [3.05, 3.63) is 41.4 Å². The van der Waals surface area contributed by atoms with E-state index in [9.17, 15) is 9.59 Å². The molecule has 2 N–H and O–H groups in total. The second-order valence-electron chi connectivity index (χ2n) is 6.97. The Bertz CT molecular complexity index is 838. The molecule has 3 rings (SSSR count). The van der Waals surface area contributed by atoms with E-state index in [4.69, 9.17) is 5.26 Å². The summed E-state index contributed by atoms with van der Waals surface area (Å²) in [6.07, 6.45) is 7.12. The SMILES string of the molecule is N#CCNC(=O)C(CNC(=O)c1ccc(-c2ccccn2)s1)C1CCCCC1. The number of rotatable bonds is 7. The number of carbonyl (C=O) groups is 2. The van der Waals surface area contributed by atoms with Crippen LogP contribution in [0, 0.1) is 23.2 Å². The van der Waals surface area contributed by atoms with Crippen LogP contribution in [0.15, 0.2) is 36.5 Å². The minimum absolute atomic E-state index is 0.00560. The number of aromatic nitrogens is 1. The highest BCUT2D eigenvalue weighted by atomic mass is 32.1. The number of amides is 2. The lowest BCUT2D eigenvalue weighted by atomic mass is 9.79. The van der Waals surface area contributed by atoms with Gasteiger partial charge < -0.3 is 10.6 Å². The van der Waals surface area contributed by atoms with Crippen molar-refractivity contribution >= 4 is 23.2 Å². The predicted molar refractivity (Wildman–Crippen MR) is 109 cm³/mol. The van der Waals surface area contributed by atoms with Crippen LogP contribution in [0.5, 0.6) is 0 Å². The molecule has 0 aliphatic heterocycles. The minimum atomic E-state index is -0.298. The van der Waals surface area contributed by atoms with Crippen molar-refractivity contribution < 1.29 is 9.59 Å². The first-order valence-electron chi connectivity index (χ1n) is 9.63. The van der Waals surface area contributed by atoms with Crippen LogP contribution < -0.4 is 10.6 Å².